The molecule has 64 heavy (non-hydrogen) atoms. The van der Waals surface area contributed by atoms with Crippen LogP contribution in [0.5, 0.6) is 0 Å². The first-order valence-electron chi connectivity index (χ1n) is 21.7. The zero-order valence-corrected chi connectivity index (χ0v) is 35.5. The van der Waals surface area contributed by atoms with Crippen LogP contribution in [0.1, 0.15) is 0 Å². The van der Waals surface area contributed by atoms with E-state index in [0.717, 1.165) is 72.5 Å². The average Bonchev–Trinajstić information content (AvgIpc) is 4.05. The fourth-order valence-electron chi connectivity index (χ4n) is 9.90. The standard InChI is InChI=1S/C60H38N2OS/c1-3-14-40(15-4-1)47-21-11-22-48-51-38-42(32-37-55(51)63-60(47)48)39-28-33-44(34-29-39)61(45-35-30-41(31-36-45)46-20-12-27-57-58(46)50-19-8-10-26-56(50)64-57)53-24-13-25-54-59(53)49-18-7-9-23-52(49)62(54)43-16-5-2-6-17-43/h1-38H. The number of fused-ring (bicyclic) bond motifs is 9. The van der Waals surface area contributed by atoms with Gasteiger partial charge in [0.05, 0.1) is 16.7 Å². The second kappa shape index (κ2) is 14.7. The molecule has 0 radical (unpaired) electrons. The van der Waals surface area contributed by atoms with Crippen LogP contribution in [0.25, 0.3) is 103 Å². The van der Waals surface area contributed by atoms with E-state index < -0.39 is 0 Å². The number of rotatable bonds is 7. The molecule has 0 amide bonds. The maximum atomic E-state index is 6.54. The van der Waals surface area contributed by atoms with Crippen LogP contribution in [0.3, 0.4) is 0 Å². The number of thiophene rings is 1. The lowest BCUT2D eigenvalue weighted by molar-refractivity contribution is 0.670. The van der Waals surface area contributed by atoms with Gasteiger partial charge in [0.2, 0.25) is 0 Å². The normalized spacial score (nSPS) is 11.8. The Kier molecular flexibility index (Phi) is 8.40. The van der Waals surface area contributed by atoms with Crippen molar-refractivity contribution >= 4 is 92.3 Å². The molecule has 0 atom stereocenters. The molecule has 10 aromatic carbocycles. The van der Waals surface area contributed by atoms with Crippen molar-refractivity contribution in [2.75, 3.05) is 4.90 Å². The second-order valence-corrected chi connectivity index (χ2v) is 17.5. The number of hydrogen-bond acceptors (Lipinski definition) is 3. The summed E-state index contributed by atoms with van der Waals surface area (Å²) in [5.41, 5.74) is 15.6. The third-order valence-corrected chi connectivity index (χ3v) is 13.9. The highest BCUT2D eigenvalue weighted by molar-refractivity contribution is 7.25. The molecule has 13 aromatic rings. The summed E-state index contributed by atoms with van der Waals surface area (Å²) in [6.07, 6.45) is 0. The molecule has 0 aliphatic rings. The summed E-state index contributed by atoms with van der Waals surface area (Å²) in [6, 6.07) is 83.3. The minimum Gasteiger partial charge on any atom is -0.455 e. The fourth-order valence-corrected chi connectivity index (χ4v) is 11.0. The predicted molar refractivity (Wildman–Crippen MR) is 272 cm³/mol. The van der Waals surface area contributed by atoms with Crippen LogP contribution >= 0.6 is 11.3 Å². The smallest absolute Gasteiger partial charge is 0.143 e. The van der Waals surface area contributed by atoms with Crippen molar-refractivity contribution in [2.45, 2.75) is 0 Å². The third-order valence-electron chi connectivity index (χ3n) is 12.8. The molecule has 0 aliphatic heterocycles. The van der Waals surface area contributed by atoms with E-state index in [9.17, 15) is 0 Å². The summed E-state index contributed by atoms with van der Waals surface area (Å²) in [7, 11) is 0. The first-order chi connectivity index (χ1) is 31.7. The number of para-hydroxylation sites is 3. The molecular formula is C60H38N2OS. The number of nitrogens with zero attached hydrogens (tertiary/aromatic N) is 2. The quantitative estimate of drug-likeness (QED) is 0.159. The van der Waals surface area contributed by atoms with E-state index in [2.05, 4.69) is 240 Å². The van der Waals surface area contributed by atoms with Crippen molar-refractivity contribution in [3.05, 3.63) is 231 Å². The van der Waals surface area contributed by atoms with Gasteiger partial charge in [-0.05, 0) is 107 Å². The van der Waals surface area contributed by atoms with Gasteiger partial charge in [-0.2, -0.15) is 0 Å². The van der Waals surface area contributed by atoms with Crippen LogP contribution in [-0.4, -0.2) is 4.57 Å². The lowest BCUT2D eigenvalue weighted by Crippen LogP contribution is -2.10. The summed E-state index contributed by atoms with van der Waals surface area (Å²) < 4.78 is 11.6. The van der Waals surface area contributed by atoms with Gasteiger partial charge in [0.25, 0.3) is 0 Å². The van der Waals surface area contributed by atoms with Crippen LogP contribution in [0.2, 0.25) is 0 Å². The molecule has 13 rings (SSSR count). The van der Waals surface area contributed by atoms with Gasteiger partial charge in [0.1, 0.15) is 11.2 Å². The van der Waals surface area contributed by atoms with Crippen molar-refractivity contribution < 1.29 is 4.42 Å². The van der Waals surface area contributed by atoms with Gasteiger partial charge in [-0.25, -0.2) is 0 Å². The summed E-state index contributed by atoms with van der Waals surface area (Å²) in [5, 5.41) is 7.28. The summed E-state index contributed by atoms with van der Waals surface area (Å²) >= 11 is 1.86. The SMILES string of the molecule is c1ccc(-c2cccc3c2oc2ccc(-c4ccc(N(c5ccc(-c6cccc7sc8ccccc8c67)cc5)c5cccc6c5c5ccccc5n6-c5ccccc5)cc4)cc23)cc1. The Balaban J connectivity index is 0.962. The molecule has 3 heterocycles. The molecule has 3 nitrogen and oxygen atoms in total. The van der Waals surface area contributed by atoms with Gasteiger partial charge in [-0.1, -0.05) is 152 Å². The van der Waals surface area contributed by atoms with E-state index in [1.165, 1.54) is 47.6 Å². The molecular weight excluding hydrogens is 797 g/mol. The predicted octanol–water partition coefficient (Wildman–Crippen LogP) is 17.5. The minimum absolute atomic E-state index is 0.888. The van der Waals surface area contributed by atoms with E-state index in [-0.39, 0.29) is 0 Å². The minimum atomic E-state index is 0.888. The highest BCUT2D eigenvalue weighted by Gasteiger charge is 2.22. The van der Waals surface area contributed by atoms with E-state index in [0.29, 0.717) is 0 Å². The molecule has 0 saturated heterocycles. The van der Waals surface area contributed by atoms with Crippen LogP contribution in [0.15, 0.2) is 235 Å². The molecule has 0 saturated carbocycles. The maximum Gasteiger partial charge on any atom is 0.143 e. The van der Waals surface area contributed by atoms with Crippen LogP contribution in [-0.2, 0) is 0 Å². The van der Waals surface area contributed by atoms with E-state index in [1.54, 1.807) is 0 Å². The van der Waals surface area contributed by atoms with Gasteiger partial charge in [0.15, 0.2) is 0 Å². The zero-order valence-electron chi connectivity index (χ0n) is 34.7. The molecule has 0 N–H and O–H groups in total. The summed E-state index contributed by atoms with van der Waals surface area (Å²) in [4.78, 5) is 2.43. The number of furan rings is 1. The van der Waals surface area contributed by atoms with Gasteiger partial charge in [0, 0.05) is 64.3 Å². The molecule has 0 fully saturated rings. The lowest BCUT2D eigenvalue weighted by atomic mass is 9.98. The van der Waals surface area contributed by atoms with Crippen molar-refractivity contribution in [2.24, 2.45) is 0 Å². The van der Waals surface area contributed by atoms with E-state index in [4.69, 9.17) is 4.42 Å². The van der Waals surface area contributed by atoms with Crippen LogP contribution < -0.4 is 4.90 Å². The van der Waals surface area contributed by atoms with E-state index in [1.807, 2.05) is 11.3 Å². The first-order valence-corrected chi connectivity index (χ1v) is 22.6. The van der Waals surface area contributed by atoms with Gasteiger partial charge in [-0.3, -0.25) is 0 Å². The van der Waals surface area contributed by atoms with Crippen molar-refractivity contribution in [3.8, 4) is 39.1 Å². The van der Waals surface area contributed by atoms with E-state index >= 15 is 0 Å². The summed E-state index contributed by atoms with van der Waals surface area (Å²) in [5.74, 6) is 0. The molecule has 0 bridgehead atoms. The largest absolute Gasteiger partial charge is 0.455 e. The number of benzene rings is 10. The number of anilines is 3. The van der Waals surface area contributed by atoms with Crippen molar-refractivity contribution in [1.82, 2.24) is 4.57 Å². The number of hydrogen-bond donors (Lipinski definition) is 0. The fraction of sp³-hybridized carbons (Fsp3) is 0. The topological polar surface area (TPSA) is 21.3 Å². The van der Waals surface area contributed by atoms with Gasteiger partial charge >= 0.3 is 0 Å². The number of aromatic nitrogens is 1. The third kappa shape index (κ3) is 5.81. The van der Waals surface area contributed by atoms with Crippen molar-refractivity contribution in [1.29, 1.82) is 0 Å². The Morgan fingerprint density at radius 3 is 1.78 bits per heavy atom. The lowest BCUT2D eigenvalue weighted by Gasteiger charge is -2.27. The second-order valence-electron chi connectivity index (χ2n) is 16.4. The van der Waals surface area contributed by atoms with Crippen LogP contribution in [0.4, 0.5) is 17.1 Å². The molecule has 3 aromatic heterocycles. The van der Waals surface area contributed by atoms with Crippen molar-refractivity contribution in [3.63, 3.8) is 0 Å². The highest BCUT2D eigenvalue weighted by Crippen LogP contribution is 2.46. The Hall–Kier alpha value is -8.18. The Morgan fingerprint density at radius 1 is 0.375 bits per heavy atom. The monoisotopic (exact) mass is 834 g/mol. The molecule has 4 heteroatoms. The Morgan fingerprint density at radius 2 is 0.969 bits per heavy atom. The average molecular weight is 835 g/mol. The first kappa shape index (κ1) is 36.5. The molecule has 0 spiro atoms. The Labute approximate surface area is 373 Å². The highest BCUT2D eigenvalue weighted by atomic mass is 32.1. The summed E-state index contributed by atoms with van der Waals surface area (Å²) in [6.45, 7) is 0. The Bertz CT molecular complexity index is 3880. The molecule has 300 valence electrons. The van der Waals surface area contributed by atoms with Gasteiger partial charge in [-0.15, -0.1) is 11.3 Å². The maximum absolute atomic E-state index is 6.54. The molecule has 0 unspecified atom stereocenters. The molecule has 0 aliphatic carbocycles. The van der Waals surface area contributed by atoms with Crippen LogP contribution in [0, 0.1) is 0 Å². The van der Waals surface area contributed by atoms with Gasteiger partial charge < -0.3 is 13.9 Å². The zero-order chi connectivity index (χ0) is 42.1.